The summed E-state index contributed by atoms with van der Waals surface area (Å²) in [6, 6.07) is 19.2. The first kappa shape index (κ1) is 15.0. The average Bonchev–Trinajstić information content (AvgIpc) is 2.59. The summed E-state index contributed by atoms with van der Waals surface area (Å²) in [5.41, 5.74) is 2.32. The maximum absolute atomic E-state index is 12.2. The molecular formula is C19H18N2O2. The number of carbonyl (C=O) groups is 1. The second kappa shape index (κ2) is 6.48. The molecule has 23 heavy (non-hydrogen) atoms. The van der Waals surface area contributed by atoms with E-state index in [4.69, 9.17) is 4.74 Å². The Labute approximate surface area is 135 Å². The lowest BCUT2D eigenvalue weighted by atomic mass is 10.2. The molecule has 0 atom stereocenters. The molecule has 0 bridgehead atoms. The lowest BCUT2D eigenvalue weighted by molar-refractivity contribution is 0.0822. The van der Waals surface area contributed by atoms with Gasteiger partial charge in [-0.3, -0.25) is 4.79 Å². The maximum atomic E-state index is 12.2. The van der Waals surface area contributed by atoms with E-state index < -0.39 is 0 Å². The number of fused-ring (bicyclic) bond motifs is 1. The molecule has 0 fully saturated rings. The van der Waals surface area contributed by atoms with Crippen molar-refractivity contribution in [2.24, 2.45) is 0 Å². The molecule has 3 rings (SSSR count). The highest BCUT2D eigenvalue weighted by Crippen LogP contribution is 2.21. The molecule has 1 heterocycles. The second-order valence-corrected chi connectivity index (χ2v) is 5.48. The van der Waals surface area contributed by atoms with Crippen molar-refractivity contribution in [1.82, 2.24) is 9.88 Å². The molecule has 2 aromatic carbocycles. The number of hydrogen-bond donors (Lipinski definition) is 0. The van der Waals surface area contributed by atoms with E-state index in [0.29, 0.717) is 17.9 Å². The smallest absolute Gasteiger partial charge is 0.257 e. The van der Waals surface area contributed by atoms with Crippen LogP contribution in [0.25, 0.3) is 10.9 Å². The van der Waals surface area contributed by atoms with Gasteiger partial charge in [-0.1, -0.05) is 36.4 Å². The van der Waals surface area contributed by atoms with Gasteiger partial charge in [0.25, 0.3) is 5.91 Å². The van der Waals surface area contributed by atoms with Crippen LogP contribution in [0.4, 0.5) is 0 Å². The molecule has 0 radical (unpaired) electrons. The molecule has 0 spiro atoms. The summed E-state index contributed by atoms with van der Waals surface area (Å²) in [6.45, 7) is 0.322. The first-order chi connectivity index (χ1) is 11.1. The number of carbonyl (C=O) groups excluding carboxylic acids is 1. The zero-order valence-electron chi connectivity index (χ0n) is 13.2. The molecule has 116 valence electrons. The maximum Gasteiger partial charge on any atom is 0.257 e. The Bertz CT molecular complexity index is 843. The number of amides is 1. The highest BCUT2D eigenvalue weighted by atomic mass is 16.5. The van der Waals surface area contributed by atoms with Crippen LogP contribution in [0, 0.1) is 0 Å². The Balaban J connectivity index is 1.81. The van der Waals surface area contributed by atoms with E-state index >= 15 is 0 Å². The van der Waals surface area contributed by atoms with E-state index in [-0.39, 0.29) is 5.91 Å². The standard InChI is InChI=1S/C19H18N2O2/c1-21(2)19(22)16-8-4-6-10-18(16)23-13-15-12-11-14-7-3-5-9-17(14)20-15/h3-12H,13H2,1-2H3. The van der Waals surface area contributed by atoms with Crippen molar-refractivity contribution in [3.05, 3.63) is 71.9 Å². The fourth-order valence-electron chi connectivity index (χ4n) is 2.35. The largest absolute Gasteiger partial charge is 0.486 e. The van der Waals surface area contributed by atoms with Gasteiger partial charge in [0.05, 0.1) is 16.8 Å². The topological polar surface area (TPSA) is 42.4 Å². The minimum Gasteiger partial charge on any atom is -0.486 e. The zero-order valence-corrected chi connectivity index (χ0v) is 13.2. The van der Waals surface area contributed by atoms with Crippen molar-refractivity contribution >= 4 is 16.8 Å². The number of aromatic nitrogens is 1. The van der Waals surface area contributed by atoms with Gasteiger partial charge in [-0.05, 0) is 24.3 Å². The molecule has 0 aliphatic carbocycles. The van der Waals surface area contributed by atoms with Crippen LogP contribution in [0.3, 0.4) is 0 Å². The average molecular weight is 306 g/mol. The van der Waals surface area contributed by atoms with E-state index in [1.165, 1.54) is 4.90 Å². The molecule has 0 N–H and O–H groups in total. The van der Waals surface area contributed by atoms with Crippen molar-refractivity contribution in [2.75, 3.05) is 14.1 Å². The van der Waals surface area contributed by atoms with Gasteiger partial charge in [-0.2, -0.15) is 0 Å². The number of hydrogen-bond acceptors (Lipinski definition) is 3. The van der Waals surface area contributed by atoms with Crippen molar-refractivity contribution in [2.45, 2.75) is 6.61 Å². The fourth-order valence-corrected chi connectivity index (χ4v) is 2.35. The third-order valence-electron chi connectivity index (χ3n) is 3.56. The van der Waals surface area contributed by atoms with Gasteiger partial charge in [0.15, 0.2) is 0 Å². The van der Waals surface area contributed by atoms with Gasteiger partial charge >= 0.3 is 0 Å². The number of nitrogens with zero attached hydrogens (tertiary/aromatic N) is 2. The third-order valence-corrected chi connectivity index (χ3v) is 3.56. The van der Waals surface area contributed by atoms with Crippen LogP contribution >= 0.6 is 0 Å². The molecule has 0 saturated heterocycles. The number of ether oxygens (including phenoxy) is 1. The van der Waals surface area contributed by atoms with Crippen LogP contribution in [0.2, 0.25) is 0 Å². The van der Waals surface area contributed by atoms with Crippen LogP contribution in [0.1, 0.15) is 16.1 Å². The number of pyridine rings is 1. The number of rotatable bonds is 4. The zero-order chi connectivity index (χ0) is 16.2. The van der Waals surface area contributed by atoms with Gasteiger partial charge in [-0.15, -0.1) is 0 Å². The summed E-state index contributed by atoms with van der Waals surface area (Å²) in [4.78, 5) is 18.3. The highest BCUT2D eigenvalue weighted by Gasteiger charge is 2.14. The summed E-state index contributed by atoms with van der Waals surface area (Å²) in [5.74, 6) is 0.494. The van der Waals surface area contributed by atoms with Gasteiger partial charge in [-0.25, -0.2) is 4.98 Å². The number of para-hydroxylation sites is 2. The lowest BCUT2D eigenvalue weighted by Crippen LogP contribution is -2.22. The van der Waals surface area contributed by atoms with E-state index in [1.54, 1.807) is 26.2 Å². The highest BCUT2D eigenvalue weighted by molar-refractivity contribution is 5.96. The summed E-state index contributed by atoms with van der Waals surface area (Å²) in [6.07, 6.45) is 0. The summed E-state index contributed by atoms with van der Waals surface area (Å²) in [5, 5.41) is 1.10. The minimum absolute atomic E-state index is 0.0768. The second-order valence-electron chi connectivity index (χ2n) is 5.48. The normalized spacial score (nSPS) is 10.5. The van der Waals surface area contributed by atoms with Crippen molar-refractivity contribution in [3.63, 3.8) is 0 Å². The van der Waals surface area contributed by atoms with Crippen LogP contribution in [0.15, 0.2) is 60.7 Å². The predicted molar refractivity (Wildman–Crippen MR) is 90.5 cm³/mol. The van der Waals surface area contributed by atoms with Crippen LogP contribution < -0.4 is 4.74 Å². The molecule has 0 aliphatic rings. The molecule has 0 aliphatic heterocycles. The Morgan fingerprint density at radius 2 is 1.74 bits per heavy atom. The van der Waals surface area contributed by atoms with Gasteiger partial charge in [0.1, 0.15) is 12.4 Å². The molecular weight excluding hydrogens is 288 g/mol. The third kappa shape index (κ3) is 3.31. The van der Waals surface area contributed by atoms with E-state index in [2.05, 4.69) is 4.98 Å². The van der Waals surface area contributed by atoms with Gasteiger partial charge in [0.2, 0.25) is 0 Å². The summed E-state index contributed by atoms with van der Waals surface area (Å²) < 4.78 is 5.83. The van der Waals surface area contributed by atoms with Crippen molar-refractivity contribution in [3.8, 4) is 5.75 Å². The van der Waals surface area contributed by atoms with Gasteiger partial charge in [0, 0.05) is 19.5 Å². The SMILES string of the molecule is CN(C)C(=O)c1ccccc1OCc1ccc2ccccc2n1. The predicted octanol–water partition coefficient (Wildman–Crippen LogP) is 3.52. The summed E-state index contributed by atoms with van der Waals surface area (Å²) in [7, 11) is 3.45. The molecule has 0 unspecified atom stereocenters. The van der Waals surface area contributed by atoms with E-state index in [0.717, 1.165) is 16.6 Å². The van der Waals surface area contributed by atoms with Crippen LogP contribution in [-0.2, 0) is 6.61 Å². The Kier molecular flexibility index (Phi) is 4.24. The molecule has 3 aromatic rings. The molecule has 4 nitrogen and oxygen atoms in total. The lowest BCUT2D eigenvalue weighted by Gasteiger charge is -2.14. The van der Waals surface area contributed by atoms with Crippen LogP contribution in [0.5, 0.6) is 5.75 Å². The first-order valence-electron chi connectivity index (χ1n) is 7.43. The van der Waals surface area contributed by atoms with E-state index in [1.807, 2.05) is 48.5 Å². The quantitative estimate of drug-likeness (QED) is 0.740. The number of benzene rings is 2. The van der Waals surface area contributed by atoms with Crippen molar-refractivity contribution in [1.29, 1.82) is 0 Å². The Morgan fingerprint density at radius 1 is 1.00 bits per heavy atom. The molecule has 1 amide bonds. The Morgan fingerprint density at radius 3 is 2.57 bits per heavy atom. The van der Waals surface area contributed by atoms with E-state index in [9.17, 15) is 4.79 Å². The van der Waals surface area contributed by atoms with Crippen LogP contribution in [-0.4, -0.2) is 29.9 Å². The molecule has 0 saturated carbocycles. The molecule has 1 aromatic heterocycles. The van der Waals surface area contributed by atoms with Gasteiger partial charge < -0.3 is 9.64 Å². The van der Waals surface area contributed by atoms with Crippen molar-refractivity contribution < 1.29 is 9.53 Å². The Hall–Kier alpha value is -2.88. The summed E-state index contributed by atoms with van der Waals surface area (Å²) >= 11 is 0. The molecule has 4 heteroatoms. The fraction of sp³-hybridized carbons (Fsp3) is 0.158. The monoisotopic (exact) mass is 306 g/mol. The minimum atomic E-state index is -0.0768. The first-order valence-corrected chi connectivity index (χ1v) is 7.43.